The summed E-state index contributed by atoms with van der Waals surface area (Å²) in [5.74, 6) is -0.607. The van der Waals surface area contributed by atoms with Gasteiger partial charge < -0.3 is 9.64 Å². The average Bonchev–Trinajstić information content (AvgIpc) is 3.09. The van der Waals surface area contributed by atoms with E-state index in [2.05, 4.69) is 5.48 Å². The van der Waals surface area contributed by atoms with Crippen LogP contribution < -0.4 is 5.48 Å². The first-order valence-corrected chi connectivity index (χ1v) is 9.14. The van der Waals surface area contributed by atoms with Gasteiger partial charge in [-0.2, -0.15) is 0 Å². The summed E-state index contributed by atoms with van der Waals surface area (Å²) in [5, 5.41) is 0.766. The fourth-order valence-electron chi connectivity index (χ4n) is 3.12. The first kappa shape index (κ1) is 18.5. The van der Waals surface area contributed by atoms with Crippen molar-refractivity contribution in [2.24, 2.45) is 0 Å². The van der Waals surface area contributed by atoms with Gasteiger partial charge in [-0.05, 0) is 43.9 Å². The molecule has 0 spiro atoms. The molecule has 2 heterocycles. The molecule has 6 nitrogen and oxygen atoms in total. The molecule has 1 aromatic rings. The molecule has 136 valence electrons. The molecule has 0 aromatic heterocycles. The number of nitrogens with one attached hydrogen (secondary N) is 1. The molecule has 0 radical (unpaired) electrons. The summed E-state index contributed by atoms with van der Waals surface area (Å²) in [6.07, 6.45) is 3.66. The van der Waals surface area contributed by atoms with E-state index in [0.717, 1.165) is 25.7 Å². The van der Waals surface area contributed by atoms with Crippen LogP contribution in [0.15, 0.2) is 18.2 Å². The molecule has 3 rings (SSSR count). The predicted molar refractivity (Wildman–Crippen MR) is 93.3 cm³/mol. The van der Waals surface area contributed by atoms with Crippen molar-refractivity contribution in [1.29, 1.82) is 0 Å². The van der Waals surface area contributed by atoms with Crippen LogP contribution in [0.25, 0.3) is 0 Å². The number of ether oxygens (including phenoxy) is 1. The minimum Gasteiger partial charge on any atom is -0.350 e. The molecule has 2 aliphatic heterocycles. The van der Waals surface area contributed by atoms with E-state index in [9.17, 15) is 9.59 Å². The molecule has 0 saturated carbocycles. The van der Waals surface area contributed by atoms with E-state index in [1.165, 1.54) is 4.90 Å². The highest BCUT2D eigenvalue weighted by Gasteiger charge is 2.35. The van der Waals surface area contributed by atoms with Crippen LogP contribution in [0.3, 0.4) is 0 Å². The molecule has 2 aliphatic rings. The molecule has 2 atom stereocenters. The summed E-state index contributed by atoms with van der Waals surface area (Å²) in [5.41, 5.74) is 2.81. The molecule has 1 aromatic carbocycles. The van der Waals surface area contributed by atoms with Crippen LogP contribution in [0.2, 0.25) is 10.0 Å². The monoisotopic (exact) mass is 386 g/mol. The normalized spacial score (nSPS) is 23.5. The number of hydrogen-bond donors (Lipinski definition) is 1. The van der Waals surface area contributed by atoms with Crippen molar-refractivity contribution < 1.29 is 19.2 Å². The highest BCUT2D eigenvalue weighted by atomic mass is 35.5. The summed E-state index contributed by atoms with van der Waals surface area (Å²) < 4.78 is 5.41. The number of carbonyl (C=O) groups excluding carboxylic acids is 2. The molecule has 1 N–H and O–H groups in total. The minimum atomic E-state index is -0.575. The van der Waals surface area contributed by atoms with Gasteiger partial charge >= 0.3 is 0 Å². The van der Waals surface area contributed by atoms with E-state index in [4.69, 9.17) is 32.8 Å². The second-order valence-electron chi connectivity index (χ2n) is 6.19. The number of hydroxylamine groups is 1. The SMILES string of the molecule is O=C(NO[C@H]1CCCCO1)[C@@H]1CCCN1C(=O)c1cc(Cl)cc(Cl)c1. The number of rotatable bonds is 4. The fraction of sp³-hybridized carbons (Fsp3) is 0.529. The lowest BCUT2D eigenvalue weighted by atomic mass is 10.1. The number of halogens is 2. The van der Waals surface area contributed by atoms with Crippen molar-refractivity contribution >= 4 is 35.0 Å². The van der Waals surface area contributed by atoms with Gasteiger partial charge in [-0.15, -0.1) is 0 Å². The van der Waals surface area contributed by atoms with Crippen LogP contribution in [0.4, 0.5) is 0 Å². The fourth-order valence-corrected chi connectivity index (χ4v) is 3.65. The predicted octanol–water partition coefficient (Wildman–Crippen LogP) is 3.17. The summed E-state index contributed by atoms with van der Waals surface area (Å²) in [4.78, 5) is 32.0. The first-order chi connectivity index (χ1) is 12.0. The van der Waals surface area contributed by atoms with Gasteiger partial charge in [0.25, 0.3) is 11.8 Å². The number of benzene rings is 1. The van der Waals surface area contributed by atoms with Gasteiger partial charge in [0.15, 0.2) is 6.29 Å². The zero-order chi connectivity index (χ0) is 17.8. The summed E-state index contributed by atoms with van der Waals surface area (Å²) in [6, 6.07) is 4.09. The number of amides is 2. The third-order valence-corrected chi connectivity index (χ3v) is 4.79. The highest BCUT2D eigenvalue weighted by molar-refractivity contribution is 6.35. The van der Waals surface area contributed by atoms with Crippen LogP contribution >= 0.6 is 23.2 Å². The lowest BCUT2D eigenvalue weighted by Gasteiger charge is -2.26. The Balaban J connectivity index is 1.62. The van der Waals surface area contributed by atoms with E-state index in [1.54, 1.807) is 18.2 Å². The molecule has 0 bridgehead atoms. The molecule has 25 heavy (non-hydrogen) atoms. The Hall–Kier alpha value is -1.34. The van der Waals surface area contributed by atoms with Crippen LogP contribution in [-0.2, 0) is 14.4 Å². The van der Waals surface area contributed by atoms with E-state index in [-0.39, 0.29) is 11.8 Å². The van der Waals surface area contributed by atoms with Crippen molar-refractivity contribution in [1.82, 2.24) is 10.4 Å². The molecular weight excluding hydrogens is 367 g/mol. The van der Waals surface area contributed by atoms with Gasteiger partial charge in [0.1, 0.15) is 6.04 Å². The van der Waals surface area contributed by atoms with E-state index in [1.807, 2.05) is 0 Å². The van der Waals surface area contributed by atoms with Crippen LogP contribution in [0.1, 0.15) is 42.5 Å². The third kappa shape index (κ3) is 4.64. The van der Waals surface area contributed by atoms with Crippen molar-refractivity contribution in [3.63, 3.8) is 0 Å². The second-order valence-corrected chi connectivity index (χ2v) is 7.07. The number of likely N-dealkylation sites (tertiary alicyclic amines) is 1. The molecule has 2 saturated heterocycles. The largest absolute Gasteiger partial charge is 0.350 e. The molecule has 2 fully saturated rings. The number of nitrogens with zero attached hydrogens (tertiary/aromatic N) is 1. The van der Waals surface area contributed by atoms with Crippen molar-refractivity contribution in [2.75, 3.05) is 13.2 Å². The van der Waals surface area contributed by atoms with E-state index in [0.29, 0.717) is 35.2 Å². The van der Waals surface area contributed by atoms with Crippen LogP contribution in [-0.4, -0.2) is 42.2 Å². The van der Waals surface area contributed by atoms with Gasteiger partial charge in [-0.1, -0.05) is 23.2 Å². The van der Waals surface area contributed by atoms with Gasteiger partial charge in [0, 0.05) is 35.2 Å². The maximum absolute atomic E-state index is 12.7. The summed E-state index contributed by atoms with van der Waals surface area (Å²) in [6.45, 7) is 1.13. The molecule has 0 aliphatic carbocycles. The van der Waals surface area contributed by atoms with E-state index < -0.39 is 12.3 Å². The zero-order valence-electron chi connectivity index (χ0n) is 13.7. The van der Waals surface area contributed by atoms with Crippen LogP contribution in [0.5, 0.6) is 0 Å². The molecule has 8 heteroatoms. The highest BCUT2D eigenvalue weighted by Crippen LogP contribution is 2.24. The summed E-state index contributed by atoms with van der Waals surface area (Å²) in [7, 11) is 0. The van der Waals surface area contributed by atoms with Gasteiger partial charge in [0.2, 0.25) is 0 Å². The Labute approximate surface area is 156 Å². The quantitative estimate of drug-likeness (QED) is 0.806. The van der Waals surface area contributed by atoms with Crippen molar-refractivity contribution in [2.45, 2.75) is 44.4 Å². The Bertz CT molecular complexity index is 629. The molecule has 2 amide bonds. The first-order valence-electron chi connectivity index (χ1n) is 8.39. The van der Waals surface area contributed by atoms with Gasteiger partial charge in [0.05, 0.1) is 0 Å². The summed E-state index contributed by atoms with van der Waals surface area (Å²) >= 11 is 11.9. The van der Waals surface area contributed by atoms with Gasteiger partial charge in [-0.3, -0.25) is 9.59 Å². The smallest absolute Gasteiger partial charge is 0.266 e. The van der Waals surface area contributed by atoms with Crippen molar-refractivity contribution in [3.05, 3.63) is 33.8 Å². The maximum Gasteiger partial charge on any atom is 0.266 e. The Morgan fingerprint density at radius 2 is 1.88 bits per heavy atom. The lowest BCUT2D eigenvalue weighted by molar-refractivity contribution is -0.201. The van der Waals surface area contributed by atoms with E-state index >= 15 is 0 Å². The number of hydrogen-bond acceptors (Lipinski definition) is 4. The lowest BCUT2D eigenvalue weighted by Crippen LogP contribution is -2.47. The van der Waals surface area contributed by atoms with Crippen molar-refractivity contribution in [3.8, 4) is 0 Å². The Morgan fingerprint density at radius 1 is 1.12 bits per heavy atom. The Morgan fingerprint density at radius 3 is 2.56 bits per heavy atom. The second kappa shape index (κ2) is 8.36. The average molecular weight is 387 g/mol. The molecular formula is C17H20Cl2N2O4. The third-order valence-electron chi connectivity index (χ3n) is 4.35. The van der Waals surface area contributed by atoms with Gasteiger partial charge in [-0.25, -0.2) is 10.3 Å². The topological polar surface area (TPSA) is 67.9 Å². The number of carbonyl (C=O) groups is 2. The molecule has 0 unspecified atom stereocenters. The minimum absolute atomic E-state index is 0.268. The Kier molecular flexibility index (Phi) is 6.17. The van der Waals surface area contributed by atoms with Crippen LogP contribution in [0, 0.1) is 0 Å². The standard InChI is InChI=1S/C17H20Cl2N2O4/c18-12-8-11(9-13(19)10-12)17(23)21-6-3-4-14(21)16(22)20-25-15-5-1-2-7-24-15/h8-10,14-15H,1-7H2,(H,20,22)/t14-,15-/m0/s1. The zero-order valence-corrected chi connectivity index (χ0v) is 15.2. The maximum atomic E-state index is 12.7.